The molecule has 5 heteroatoms. The Hall–Kier alpha value is -1.26. The molecule has 0 aliphatic heterocycles. The van der Waals surface area contributed by atoms with E-state index in [1.165, 1.54) is 0 Å². The molecule has 1 aliphatic rings. The number of aliphatic carboxylic acids is 1. The second-order valence-corrected chi connectivity index (χ2v) is 5.67. The molecule has 2 amide bonds. The molecule has 0 radical (unpaired) electrons. The molecule has 0 aromatic heterocycles. The number of carbonyl (C=O) groups excluding carboxylic acids is 1. The average molecular weight is 270 g/mol. The number of amides is 2. The van der Waals surface area contributed by atoms with E-state index in [1.54, 1.807) is 11.9 Å². The number of rotatable bonds is 5. The van der Waals surface area contributed by atoms with Crippen molar-refractivity contribution in [3.8, 4) is 0 Å². The zero-order valence-corrected chi connectivity index (χ0v) is 12.2. The zero-order valence-electron chi connectivity index (χ0n) is 12.2. The van der Waals surface area contributed by atoms with Crippen LogP contribution in [-0.2, 0) is 4.79 Å². The molecular weight excluding hydrogens is 244 g/mol. The Kier molecular flexibility index (Phi) is 5.63. The van der Waals surface area contributed by atoms with Crippen molar-refractivity contribution in [2.75, 3.05) is 13.6 Å². The lowest BCUT2D eigenvalue weighted by atomic mass is 9.74. The Bertz CT molecular complexity index is 325. The van der Waals surface area contributed by atoms with Gasteiger partial charge < -0.3 is 15.3 Å². The molecule has 1 rings (SSSR count). The Morgan fingerprint density at radius 3 is 2.37 bits per heavy atom. The highest BCUT2D eigenvalue weighted by Gasteiger charge is 2.40. The summed E-state index contributed by atoms with van der Waals surface area (Å²) in [5, 5.41) is 12.2. The van der Waals surface area contributed by atoms with Crippen LogP contribution < -0.4 is 5.32 Å². The number of hydrogen-bond donors (Lipinski definition) is 2. The van der Waals surface area contributed by atoms with Crippen LogP contribution in [0.2, 0.25) is 0 Å². The first-order valence-electron chi connectivity index (χ1n) is 7.17. The number of urea groups is 1. The SMILES string of the molecule is CCC(C)N(C)C(=O)NCC1(C(=O)O)CCCCC1. The van der Waals surface area contributed by atoms with Crippen LogP contribution >= 0.6 is 0 Å². The summed E-state index contributed by atoms with van der Waals surface area (Å²) in [4.78, 5) is 25.1. The van der Waals surface area contributed by atoms with Gasteiger partial charge in [0.25, 0.3) is 0 Å². The molecule has 2 N–H and O–H groups in total. The third-order valence-corrected chi connectivity index (χ3v) is 4.41. The lowest BCUT2D eigenvalue weighted by Gasteiger charge is -2.34. The lowest BCUT2D eigenvalue weighted by molar-refractivity contribution is -0.150. The number of carbonyl (C=O) groups is 2. The fraction of sp³-hybridized carbons (Fsp3) is 0.857. The van der Waals surface area contributed by atoms with Crippen LogP contribution in [-0.4, -0.2) is 41.6 Å². The number of nitrogens with one attached hydrogen (secondary N) is 1. The van der Waals surface area contributed by atoms with Gasteiger partial charge in [-0.05, 0) is 26.2 Å². The topological polar surface area (TPSA) is 69.6 Å². The van der Waals surface area contributed by atoms with Gasteiger partial charge >= 0.3 is 12.0 Å². The van der Waals surface area contributed by atoms with Gasteiger partial charge in [-0.15, -0.1) is 0 Å². The predicted molar refractivity (Wildman–Crippen MR) is 74.1 cm³/mol. The van der Waals surface area contributed by atoms with E-state index < -0.39 is 11.4 Å². The van der Waals surface area contributed by atoms with E-state index in [-0.39, 0.29) is 18.6 Å². The second kappa shape index (κ2) is 6.78. The van der Waals surface area contributed by atoms with Gasteiger partial charge in [-0.3, -0.25) is 4.79 Å². The van der Waals surface area contributed by atoms with Gasteiger partial charge in [0, 0.05) is 19.6 Å². The van der Waals surface area contributed by atoms with E-state index in [9.17, 15) is 14.7 Å². The summed E-state index contributed by atoms with van der Waals surface area (Å²) >= 11 is 0. The number of hydrogen-bond acceptors (Lipinski definition) is 2. The molecule has 0 spiro atoms. The van der Waals surface area contributed by atoms with Crippen LogP contribution in [0.1, 0.15) is 52.4 Å². The molecule has 1 saturated carbocycles. The number of carboxylic acid groups (broad SMARTS) is 1. The van der Waals surface area contributed by atoms with E-state index in [0.717, 1.165) is 25.7 Å². The average Bonchev–Trinajstić information content (AvgIpc) is 2.43. The van der Waals surface area contributed by atoms with Gasteiger partial charge in [0.1, 0.15) is 0 Å². The summed E-state index contributed by atoms with van der Waals surface area (Å²) in [5.74, 6) is -0.779. The van der Waals surface area contributed by atoms with Crippen LogP contribution in [0.15, 0.2) is 0 Å². The zero-order chi connectivity index (χ0) is 14.5. The highest BCUT2D eigenvalue weighted by Crippen LogP contribution is 2.36. The van der Waals surface area contributed by atoms with Gasteiger partial charge in [0.15, 0.2) is 0 Å². The van der Waals surface area contributed by atoms with Crippen molar-refractivity contribution in [2.45, 2.75) is 58.4 Å². The molecule has 1 aliphatic carbocycles. The van der Waals surface area contributed by atoms with E-state index in [4.69, 9.17) is 0 Å². The van der Waals surface area contributed by atoms with Crippen LogP contribution in [0.5, 0.6) is 0 Å². The van der Waals surface area contributed by atoms with Crippen molar-refractivity contribution in [1.29, 1.82) is 0 Å². The largest absolute Gasteiger partial charge is 0.481 e. The molecule has 0 aromatic carbocycles. The third-order valence-electron chi connectivity index (χ3n) is 4.41. The summed E-state index contributed by atoms with van der Waals surface area (Å²) in [5.41, 5.74) is -0.760. The third kappa shape index (κ3) is 3.85. The summed E-state index contributed by atoms with van der Waals surface area (Å²) in [6.07, 6.45) is 5.17. The van der Waals surface area contributed by atoms with E-state index in [1.807, 2.05) is 13.8 Å². The van der Waals surface area contributed by atoms with Crippen molar-refractivity contribution in [1.82, 2.24) is 10.2 Å². The Balaban J connectivity index is 2.57. The second-order valence-electron chi connectivity index (χ2n) is 5.67. The summed E-state index contributed by atoms with van der Waals surface area (Å²) in [7, 11) is 1.75. The first-order chi connectivity index (χ1) is 8.93. The molecule has 19 heavy (non-hydrogen) atoms. The molecular formula is C14H26N2O3. The summed E-state index contributed by atoms with van der Waals surface area (Å²) in [6, 6.07) is -0.0207. The quantitative estimate of drug-likeness (QED) is 0.806. The minimum absolute atomic E-state index is 0.159. The monoisotopic (exact) mass is 270 g/mol. The van der Waals surface area contributed by atoms with Crippen molar-refractivity contribution in [3.63, 3.8) is 0 Å². The fourth-order valence-electron chi connectivity index (χ4n) is 2.54. The van der Waals surface area contributed by atoms with Gasteiger partial charge in [-0.1, -0.05) is 26.2 Å². The Morgan fingerprint density at radius 1 is 1.32 bits per heavy atom. The molecule has 1 fully saturated rings. The Morgan fingerprint density at radius 2 is 1.89 bits per heavy atom. The van der Waals surface area contributed by atoms with Gasteiger partial charge in [0.05, 0.1) is 5.41 Å². The molecule has 0 heterocycles. The van der Waals surface area contributed by atoms with Gasteiger partial charge in [-0.2, -0.15) is 0 Å². The molecule has 5 nitrogen and oxygen atoms in total. The normalized spacial score (nSPS) is 19.5. The highest BCUT2D eigenvalue weighted by molar-refractivity contribution is 5.78. The van der Waals surface area contributed by atoms with Gasteiger partial charge in [0.2, 0.25) is 0 Å². The Labute approximate surface area is 115 Å². The van der Waals surface area contributed by atoms with Crippen LogP contribution in [0.3, 0.4) is 0 Å². The van der Waals surface area contributed by atoms with Gasteiger partial charge in [-0.25, -0.2) is 4.79 Å². The van der Waals surface area contributed by atoms with E-state index in [2.05, 4.69) is 5.32 Å². The maximum atomic E-state index is 12.0. The maximum Gasteiger partial charge on any atom is 0.317 e. The minimum atomic E-state index is -0.779. The van der Waals surface area contributed by atoms with Crippen molar-refractivity contribution >= 4 is 12.0 Å². The molecule has 1 unspecified atom stereocenters. The van der Waals surface area contributed by atoms with Crippen LogP contribution in [0, 0.1) is 5.41 Å². The standard InChI is InChI=1S/C14H26N2O3/c1-4-11(2)16(3)13(19)15-10-14(12(17)18)8-6-5-7-9-14/h11H,4-10H2,1-3H3,(H,15,19)(H,17,18). The predicted octanol–water partition coefficient (Wildman–Crippen LogP) is 2.46. The molecule has 1 atom stereocenters. The van der Waals surface area contributed by atoms with Crippen LogP contribution in [0.4, 0.5) is 4.79 Å². The van der Waals surface area contributed by atoms with Crippen LogP contribution in [0.25, 0.3) is 0 Å². The van der Waals surface area contributed by atoms with Crippen molar-refractivity contribution in [2.24, 2.45) is 5.41 Å². The molecule has 0 saturated heterocycles. The molecule has 0 aromatic rings. The molecule has 110 valence electrons. The number of carboxylic acids is 1. The summed E-state index contributed by atoms with van der Waals surface area (Å²) < 4.78 is 0. The summed E-state index contributed by atoms with van der Waals surface area (Å²) in [6.45, 7) is 4.24. The van der Waals surface area contributed by atoms with Crippen molar-refractivity contribution < 1.29 is 14.7 Å². The van der Waals surface area contributed by atoms with E-state index >= 15 is 0 Å². The minimum Gasteiger partial charge on any atom is -0.481 e. The maximum absolute atomic E-state index is 12.0. The fourth-order valence-corrected chi connectivity index (χ4v) is 2.54. The van der Waals surface area contributed by atoms with E-state index in [0.29, 0.717) is 12.8 Å². The first kappa shape index (κ1) is 15.8. The van der Waals surface area contributed by atoms with Crippen molar-refractivity contribution in [3.05, 3.63) is 0 Å². The number of nitrogens with zero attached hydrogens (tertiary/aromatic N) is 1. The highest BCUT2D eigenvalue weighted by atomic mass is 16.4. The smallest absolute Gasteiger partial charge is 0.317 e. The molecule has 0 bridgehead atoms. The lowest BCUT2D eigenvalue weighted by Crippen LogP contribution is -2.49. The first-order valence-corrected chi connectivity index (χ1v) is 7.17.